The lowest BCUT2D eigenvalue weighted by Crippen LogP contribution is -2.35. The minimum Gasteiger partial charge on any atom is -0.340 e. The van der Waals surface area contributed by atoms with Crippen LogP contribution in [-0.2, 0) is 19.6 Å². The fourth-order valence-corrected chi connectivity index (χ4v) is 4.94. The third kappa shape index (κ3) is 3.77. The normalized spacial score (nSPS) is 11.5. The summed E-state index contributed by atoms with van der Waals surface area (Å²) in [5, 5.41) is 4.87. The minimum absolute atomic E-state index is 0.124. The fourth-order valence-electron chi connectivity index (χ4n) is 4.94. The molecule has 0 saturated carbocycles. The number of nitrogens with zero attached hydrogens (tertiary/aromatic N) is 3. The molecule has 0 aliphatic heterocycles. The third-order valence-electron chi connectivity index (χ3n) is 6.62. The van der Waals surface area contributed by atoms with Crippen LogP contribution in [-0.4, -0.2) is 14.9 Å². The molecule has 0 radical (unpaired) electrons. The molecule has 0 bridgehead atoms. The van der Waals surface area contributed by atoms with Gasteiger partial charge in [-0.1, -0.05) is 72.8 Å². The molecule has 0 fully saturated rings. The summed E-state index contributed by atoms with van der Waals surface area (Å²) >= 11 is 0. The summed E-state index contributed by atoms with van der Waals surface area (Å²) in [5.74, 6) is 0.124. The highest BCUT2D eigenvalue weighted by Crippen LogP contribution is 2.28. The number of carbonyl (C=O) groups is 1. The molecule has 0 aliphatic rings. The van der Waals surface area contributed by atoms with Crippen LogP contribution in [0.25, 0.3) is 32.6 Å². The highest BCUT2D eigenvalue weighted by Gasteiger charge is 2.13. The first kappa shape index (κ1) is 20.4. The van der Waals surface area contributed by atoms with Crippen molar-refractivity contribution in [1.82, 2.24) is 9.13 Å². The van der Waals surface area contributed by atoms with E-state index in [9.17, 15) is 4.79 Å². The van der Waals surface area contributed by atoms with Crippen LogP contribution in [0.5, 0.6) is 0 Å². The maximum atomic E-state index is 12.9. The van der Waals surface area contributed by atoms with Gasteiger partial charge in [0.15, 0.2) is 6.54 Å². The molecular formula is C30H26N3O+. The molecule has 4 nitrogen and oxygen atoms in total. The molecule has 6 rings (SSSR count). The van der Waals surface area contributed by atoms with Crippen LogP contribution in [0.1, 0.15) is 16.8 Å². The van der Waals surface area contributed by atoms with Crippen molar-refractivity contribution in [2.45, 2.75) is 26.1 Å². The Bertz CT molecular complexity index is 1590. The third-order valence-corrected chi connectivity index (χ3v) is 6.62. The van der Waals surface area contributed by atoms with Crippen molar-refractivity contribution < 1.29 is 9.36 Å². The number of hydrogen-bond donors (Lipinski definition) is 0. The molecule has 6 aromatic rings. The van der Waals surface area contributed by atoms with Crippen molar-refractivity contribution in [3.8, 4) is 0 Å². The maximum Gasteiger partial charge on any atom is 0.244 e. The van der Waals surface area contributed by atoms with Gasteiger partial charge in [-0.05, 0) is 29.0 Å². The quantitative estimate of drug-likeness (QED) is 0.219. The first-order valence-electron chi connectivity index (χ1n) is 11.8. The first-order valence-corrected chi connectivity index (χ1v) is 11.8. The molecule has 34 heavy (non-hydrogen) atoms. The second-order valence-electron chi connectivity index (χ2n) is 8.85. The molecule has 0 saturated heterocycles. The van der Waals surface area contributed by atoms with Crippen molar-refractivity contribution in [2.24, 2.45) is 0 Å². The van der Waals surface area contributed by atoms with E-state index in [4.69, 9.17) is 0 Å². The Hall–Kier alpha value is -4.18. The van der Waals surface area contributed by atoms with E-state index in [1.165, 1.54) is 21.8 Å². The summed E-state index contributed by atoms with van der Waals surface area (Å²) < 4.78 is 6.56. The summed E-state index contributed by atoms with van der Waals surface area (Å²) in [6, 6.07) is 31.3. The maximum absolute atomic E-state index is 12.9. The molecule has 4 heteroatoms. The van der Waals surface area contributed by atoms with Gasteiger partial charge in [0.25, 0.3) is 0 Å². The van der Waals surface area contributed by atoms with Gasteiger partial charge in [-0.25, -0.2) is 9.13 Å². The van der Waals surface area contributed by atoms with Gasteiger partial charge in [0, 0.05) is 40.3 Å². The molecule has 2 heterocycles. The molecular weight excluding hydrogens is 418 g/mol. The second-order valence-corrected chi connectivity index (χ2v) is 8.85. The van der Waals surface area contributed by atoms with E-state index in [-0.39, 0.29) is 5.78 Å². The zero-order valence-electron chi connectivity index (χ0n) is 19.0. The van der Waals surface area contributed by atoms with E-state index in [1.807, 2.05) is 53.5 Å². The zero-order chi connectivity index (χ0) is 22.9. The number of carbonyl (C=O) groups excluding carboxylic acids is 1. The van der Waals surface area contributed by atoms with Gasteiger partial charge < -0.3 is 4.57 Å². The number of benzene rings is 4. The molecule has 0 atom stereocenters. The zero-order valence-corrected chi connectivity index (χ0v) is 19.0. The second kappa shape index (κ2) is 8.64. The number of rotatable bonds is 7. The lowest BCUT2D eigenvalue weighted by atomic mass is 10.0. The minimum atomic E-state index is 0.124. The van der Waals surface area contributed by atoms with Crippen molar-refractivity contribution >= 4 is 38.4 Å². The lowest BCUT2D eigenvalue weighted by molar-refractivity contribution is -0.682. The van der Waals surface area contributed by atoms with Gasteiger partial charge in [0.05, 0.1) is 6.54 Å². The number of para-hydroxylation sites is 2. The molecule has 0 aliphatic carbocycles. The number of fused-ring (bicyclic) bond motifs is 4. The highest BCUT2D eigenvalue weighted by atomic mass is 16.1. The predicted octanol–water partition coefficient (Wildman–Crippen LogP) is 6.01. The fraction of sp³-hybridized carbons (Fsp3) is 0.133. The van der Waals surface area contributed by atoms with Gasteiger partial charge >= 0.3 is 0 Å². The summed E-state index contributed by atoms with van der Waals surface area (Å²) in [5.41, 5.74) is 3.32. The Labute approximate surface area is 198 Å². The topological polar surface area (TPSA) is 30.8 Å². The first-order chi connectivity index (χ1) is 16.8. The lowest BCUT2D eigenvalue weighted by Gasteiger charge is -2.06. The summed E-state index contributed by atoms with van der Waals surface area (Å²) in [4.78, 5) is 12.9. The molecule has 0 unspecified atom stereocenters. The van der Waals surface area contributed by atoms with E-state index in [0.29, 0.717) is 6.54 Å². The Morgan fingerprint density at radius 3 is 2.18 bits per heavy atom. The molecule has 0 N–H and O–H groups in total. The SMILES string of the molecule is O=C(C[n+]1ccn(CCCn2c3ccccc3c3ccccc32)c1)c1ccc2ccccc2c1. The van der Waals surface area contributed by atoms with Gasteiger partial charge in [0.1, 0.15) is 12.4 Å². The number of ketones is 1. The molecule has 0 amide bonds. The summed E-state index contributed by atoms with van der Waals surface area (Å²) in [6.07, 6.45) is 7.08. The van der Waals surface area contributed by atoms with Crippen LogP contribution in [0.4, 0.5) is 0 Å². The Kier molecular flexibility index (Phi) is 5.19. The van der Waals surface area contributed by atoms with Crippen molar-refractivity contribution in [2.75, 3.05) is 0 Å². The number of hydrogen-bond acceptors (Lipinski definition) is 1. The van der Waals surface area contributed by atoms with E-state index >= 15 is 0 Å². The molecule has 166 valence electrons. The van der Waals surface area contributed by atoms with E-state index in [0.717, 1.165) is 35.8 Å². The average Bonchev–Trinajstić information content (AvgIpc) is 3.46. The smallest absolute Gasteiger partial charge is 0.244 e. The standard InChI is InChI=1S/C30H26N3O/c34-30(25-15-14-23-8-1-2-9-24(23)20-25)21-32-19-18-31(22-32)16-7-17-33-28-12-5-3-10-26(28)27-11-4-6-13-29(27)33/h1-6,8-15,18-20,22H,7,16-17,21H2/q+1. The number of Topliss-reactive ketones (excluding diaryl/α,β-unsaturated/α-hetero) is 1. The molecule has 2 aromatic heterocycles. The number of aromatic nitrogens is 3. The van der Waals surface area contributed by atoms with Crippen LogP contribution < -0.4 is 4.57 Å². The Balaban J connectivity index is 1.13. The highest BCUT2D eigenvalue weighted by molar-refractivity contribution is 6.08. The average molecular weight is 445 g/mol. The van der Waals surface area contributed by atoms with Gasteiger partial charge in [-0.2, -0.15) is 0 Å². The number of imidazole rings is 1. The van der Waals surface area contributed by atoms with Crippen molar-refractivity contribution in [1.29, 1.82) is 0 Å². The predicted molar refractivity (Wildman–Crippen MR) is 137 cm³/mol. The number of aryl methyl sites for hydroxylation is 2. The van der Waals surface area contributed by atoms with Crippen LogP contribution in [0, 0.1) is 0 Å². The van der Waals surface area contributed by atoms with Crippen LogP contribution in [0.3, 0.4) is 0 Å². The Morgan fingerprint density at radius 2 is 1.41 bits per heavy atom. The largest absolute Gasteiger partial charge is 0.340 e. The van der Waals surface area contributed by atoms with Crippen molar-refractivity contribution in [3.05, 3.63) is 115 Å². The van der Waals surface area contributed by atoms with Crippen molar-refractivity contribution in [3.63, 3.8) is 0 Å². The van der Waals surface area contributed by atoms with Gasteiger partial charge in [-0.15, -0.1) is 0 Å². The molecule has 4 aromatic carbocycles. The van der Waals surface area contributed by atoms with E-state index in [2.05, 4.69) is 69.9 Å². The van der Waals surface area contributed by atoms with Gasteiger partial charge in [-0.3, -0.25) is 4.79 Å². The van der Waals surface area contributed by atoms with E-state index < -0.39 is 0 Å². The van der Waals surface area contributed by atoms with Crippen LogP contribution >= 0.6 is 0 Å². The van der Waals surface area contributed by atoms with Gasteiger partial charge in [0.2, 0.25) is 12.1 Å². The summed E-state index contributed by atoms with van der Waals surface area (Å²) in [7, 11) is 0. The van der Waals surface area contributed by atoms with Crippen LogP contribution in [0.2, 0.25) is 0 Å². The van der Waals surface area contributed by atoms with E-state index in [1.54, 1.807) is 0 Å². The van der Waals surface area contributed by atoms with Crippen LogP contribution in [0.15, 0.2) is 110 Å². The Morgan fingerprint density at radius 1 is 0.735 bits per heavy atom. The summed E-state index contributed by atoms with van der Waals surface area (Å²) in [6.45, 7) is 2.19. The molecule has 0 spiro atoms. The monoisotopic (exact) mass is 444 g/mol.